The Kier molecular flexibility index (Phi) is 4.27. The third-order valence-electron chi connectivity index (χ3n) is 2.66. The molecular formula is C10H17N7OS. The Labute approximate surface area is 113 Å². The molecule has 0 bridgehead atoms. The lowest BCUT2D eigenvalue weighted by atomic mass is 10.2. The summed E-state index contributed by atoms with van der Waals surface area (Å²) >= 11 is 0. The van der Waals surface area contributed by atoms with Crippen molar-refractivity contribution in [2.45, 2.75) is 19.4 Å². The zero-order valence-electron chi connectivity index (χ0n) is 10.8. The molecule has 0 aromatic carbocycles. The number of fused-ring (bicyclic) bond motifs is 1. The van der Waals surface area contributed by atoms with Gasteiger partial charge in [0.15, 0.2) is 5.65 Å². The molecule has 2 rings (SSSR count). The molecule has 0 aliphatic carbocycles. The van der Waals surface area contributed by atoms with E-state index in [9.17, 15) is 4.21 Å². The third-order valence-corrected chi connectivity index (χ3v) is 3.47. The van der Waals surface area contributed by atoms with E-state index in [4.69, 9.17) is 5.84 Å². The highest BCUT2D eigenvalue weighted by Gasteiger charge is 2.11. The summed E-state index contributed by atoms with van der Waals surface area (Å²) in [5, 5.41) is 10.8. The van der Waals surface area contributed by atoms with Crippen molar-refractivity contribution in [1.29, 1.82) is 0 Å². The van der Waals surface area contributed by atoms with Gasteiger partial charge in [-0.25, -0.2) is 5.84 Å². The first kappa shape index (κ1) is 13.7. The van der Waals surface area contributed by atoms with Gasteiger partial charge in [0.2, 0.25) is 5.95 Å². The van der Waals surface area contributed by atoms with Crippen LogP contribution in [0, 0.1) is 0 Å². The largest absolute Gasteiger partial charge is 0.367 e. The molecule has 2 aromatic rings. The van der Waals surface area contributed by atoms with E-state index >= 15 is 0 Å². The van der Waals surface area contributed by atoms with Crippen LogP contribution < -0.4 is 16.6 Å². The molecular weight excluding hydrogens is 266 g/mol. The maximum absolute atomic E-state index is 11.1. The van der Waals surface area contributed by atoms with Crippen LogP contribution in [0.4, 0.5) is 11.8 Å². The summed E-state index contributed by atoms with van der Waals surface area (Å²) < 4.78 is 11.1. The zero-order chi connectivity index (χ0) is 13.8. The molecule has 19 heavy (non-hydrogen) atoms. The number of aromatic amines is 1. The number of hydrogen-bond donors (Lipinski definition) is 4. The fourth-order valence-electron chi connectivity index (χ4n) is 1.66. The molecule has 0 fully saturated rings. The van der Waals surface area contributed by atoms with Crippen molar-refractivity contribution in [3.05, 3.63) is 6.20 Å². The Morgan fingerprint density at radius 3 is 3.00 bits per heavy atom. The summed E-state index contributed by atoms with van der Waals surface area (Å²) in [4.78, 5) is 8.41. The lowest BCUT2D eigenvalue weighted by Crippen LogP contribution is -2.20. The maximum atomic E-state index is 11.1. The summed E-state index contributed by atoms with van der Waals surface area (Å²) in [6.07, 6.45) is 4.14. The van der Waals surface area contributed by atoms with Crippen LogP contribution in [0.25, 0.3) is 11.0 Å². The maximum Gasteiger partial charge on any atom is 0.241 e. The minimum Gasteiger partial charge on any atom is -0.367 e. The van der Waals surface area contributed by atoms with Crippen LogP contribution in [-0.2, 0) is 10.8 Å². The van der Waals surface area contributed by atoms with Crippen LogP contribution in [-0.4, -0.2) is 42.4 Å². The standard InChI is InChI=1S/C10H17N7OS/c1-6(3-4-19(2)18)13-8-7-5-12-17-9(7)15-10(14-8)16-11/h5-6H,3-4,11H2,1-2H3,(H3,12,13,14,15,16,17). The van der Waals surface area contributed by atoms with Crippen molar-refractivity contribution in [1.82, 2.24) is 20.2 Å². The Bertz CT molecular complexity index is 584. The predicted octanol–water partition coefficient (Wildman–Crippen LogP) is 0.208. The van der Waals surface area contributed by atoms with E-state index in [1.807, 2.05) is 6.92 Å². The van der Waals surface area contributed by atoms with E-state index in [2.05, 4.69) is 30.9 Å². The monoisotopic (exact) mass is 283 g/mol. The van der Waals surface area contributed by atoms with Gasteiger partial charge in [-0.1, -0.05) is 0 Å². The van der Waals surface area contributed by atoms with Crippen LogP contribution in [0.3, 0.4) is 0 Å². The van der Waals surface area contributed by atoms with Gasteiger partial charge in [-0.15, -0.1) is 0 Å². The molecule has 9 heteroatoms. The van der Waals surface area contributed by atoms with Gasteiger partial charge in [-0.2, -0.15) is 15.1 Å². The van der Waals surface area contributed by atoms with Crippen molar-refractivity contribution < 1.29 is 4.21 Å². The van der Waals surface area contributed by atoms with Gasteiger partial charge >= 0.3 is 0 Å². The van der Waals surface area contributed by atoms with Crippen molar-refractivity contribution in [2.24, 2.45) is 5.84 Å². The second kappa shape index (κ2) is 5.93. The molecule has 0 radical (unpaired) electrons. The van der Waals surface area contributed by atoms with Crippen LogP contribution in [0.1, 0.15) is 13.3 Å². The normalized spacial score (nSPS) is 14.3. The van der Waals surface area contributed by atoms with E-state index in [0.717, 1.165) is 11.8 Å². The molecule has 8 nitrogen and oxygen atoms in total. The first-order chi connectivity index (χ1) is 9.10. The fraction of sp³-hybridized carbons (Fsp3) is 0.500. The first-order valence-corrected chi connectivity index (χ1v) is 7.57. The predicted molar refractivity (Wildman–Crippen MR) is 76.1 cm³/mol. The van der Waals surface area contributed by atoms with Gasteiger partial charge in [-0.3, -0.25) is 14.7 Å². The molecule has 2 atom stereocenters. The number of nitrogen functional groups attached to an aromatic ring is 1. The Morgan fingerprint density at radius 2 is 2.32 bits per heavy atom. The van der Waals surface area contributed by atoms with Gasteiger partial charge < -0.3 is 5.32 Å². The highest BCUT2D eigenvalue weighted by molar-refractivity contribution is 7.84. The van der Waals surface area contributed by atoms with E-state index in [1.54, 1.807) is 12.5 Å². The number of nitrogens with zero attached hydrogens (tertiary/aromatic N) is 3. The molecule has 0 aliphatic rings. The third kappa shape index (κ3) is 3.38. The second-order valence-corrected chi connectivity index (χ2v) is 5.84. The number of hydrazine groups is 1. The van der Waals surface area contributed by atoms with Gasteiger partial charge in [0, 0.05) is 28.9 Å². The number of hydrogen-bond acceptors (Lipinski definition) is 7. The van der Waals surface area contributed by atoms with Crippen molar-refractivity contribution >= 4 is 33.6 Å². The van der Waals surface area contributed by atoms with Crippen LogP contribution in [0.2, 0.25) is 0 Å². The Hall–Kier alpha value is -1.74. The summed E-state index contributed by atoms with van der Waals surface area (Å²) in [6.45, 7) is 2.01. The summed E-state index contributed by atoms with van der Waals surface area (Å²) in [5.41, 5.74) is 3.02. The second-order valence-electron chi connectivity index (χ2n) is 4.28. The summed E-state index contributed by atoms with van der Waals surface area (Å²) in [7, 11) is -0.793. The number of nitrogens with one attached hydrogen (secondary N) is 3. The highest BCUT2D eigenvalue weighted by atomic mass is 32.2. The smallest absolute Gasteiger partial charge is 0.241 e. The molecule has 0 amide bonds. The Balaban J connectivity index is 2.18. The first-order valence-electron chi connectivity index (χ1n) is 5.84. The van der Waals surface area contributed by atoms with Crippen LogP contribution in [0.15, 0.2) is 6.20 Å². The summed E-state index contributed by atoms with van der Waals surface area (Å²) in [6, 6.07) is 0.141. The van der Waals surface area contributed by atoms with Crippen molar-refractivity contribution in [2.75, 3.05) is 22.8 Å². The topological polar surface area (TPSA) is 122 Å². The lowest BCUT2D eigenvalue weighted by molar-refractivity contribution is 0.678. The quantitative estimate of drug-likeness (QED) is 0.441. The van der Waals surface area contributed by atoms with Crippen molar-refractivity contribution in [3.63, 3.8) is 0 Å². The van der Waals surface area contributed by atoms with Gasteiger partial charge in [0.05, 0.1) is 11.6 Å². The number of nitrogens with two attached hydrogens (primary N) is 1. The molecule has 0 saturated carbocycles. The van der Waals surface area contributed by atoms with E-state index in [0.29, 0.717) is 23.2 Å². The Morgan fingerprint density at radius 1 is 1.53 bits per heavy atom. The molecule has 5 N–H and O–H groups in total. The average Bonchev–Trinajstić information content (AvgIpc) is 2.84. The molecule has 104 valence electrons. The van der Waals surface area contributed by atoms with Gasteiger partial charge in [0.25, 0.3) is 0 Å². The fourth-order valence-corrected chi connectivity index (χ4v) is 2.34. The van der Waals surface area contributed by atoms with Crippen molar-refractivity contribution in [3.8, 4) is 0 Å². The van der Waals surface area contributed by atoms with E-state index < -0.39 is 10.8 Å². The molecule has 0 aliphatic heterocycles. The average molecular weight is 283 g/mol. The molecule has 2 aromatic heterocycles. The molecule has 2 unspecified atom stereocenters. The number of rotatable bonds is 6. The number of H-pyrrole nitrogens is 1. The number of anilines is 2. The SMILES string of the molecule is CC(CCS(C)=O)Nc1nc(NN)nc2[nH]ncc12. The number of aromatic nitrogens is 4. The van der Waals surface area contributed by atoms with E-state index in [-0.39, 0.29) is 6.04 Å². The van der Waals surface area contributed by atoms with Gasteiger partial charge in [-0.05, 0) is 13.3 Å². The van der Waals surface area contributed by atoms with Crippen LogP contribution >= 0.6 is 0 Å². The summed E-state index contributed by atoms with van der Waals surface area (Å²) in [5.74, 6) is 6.94. The highest BCUT2D eigenvalue weighted by Crippen LogP contribution is 2.20. The minimum atomic E-state index is -0.793. The molecule has 0 spiro atoms. The van der Waals surface area contributed by atoms with Gasteiger partial charge in [0.1, 0.15) is 5.82 Å². The molecule has 2 heterocycles. The van der Waals surface area contributed by atoms with Crippen LogP contribution in [0.5, 0.6) is 0 Å². The molecule has 0 saturated heterocycles. The van der Waals surface area contributed by atoms with E-state index in [1.165, 1.54) is 0 Å². The zero-order valence-corrected chi connectivity index (χ0v) is 11.6. The minimum absolute atomic E-state index is 0.141. The lowest BCUT2D eigenvalue weighted by Gasteiger charge is -2.14.